The summed E-state index contributed by atoms with van der Waals surface area (Å²) >= 11 is 0. The van der Waals surface area contributed by atoms with Crippen molar-refractivity contribution in [1.29, 1.82) is 0 Å². The van der Waals surface area contributed by atoms with Crippen LogP contribution in [0, 0.1) is 0 Å². The monoisotopic (exact) mass is 176 g/mol. The molecule has 0 amide bonds. The molecular formula is C8H20O2Si. The minimum absolute atomic E-state index is 0.673. The molecule has 0 saturated heterocycles. The predicted octanol–water partition coefficient (Wildman–Crippen LogP) is 1.55. The SMILES string of the molecule is CCCCCCCC[SiH](O)O. The van der Waals surface area contributed by atoms with Gasteiger partial charge in [0.25, 0.3) is 0 Å². The van der Waals surface area contributed by atoms with Crippen LogP contribution in [0.1, 0.15) is 45.4 Å². The van der Waals surface area contributed by atoms with Gasteiger partial charge in [0.05, 0.1) is 0 Å². The molecule has 0 aromatic carbocycles. The maximum absolute atomic E-state index is 8.65. The molecule has 0 spiro atoms. The van der Waals surface area contributed by atoms with Gasteiger partial charge in [0.15, 0.2) is 0 Å². The van der Waals surface area contributed by atoms with Crippen molar-refractivity contribution in [1.82, 2.24) is 0 Å². The highest BCUT2D eigenvalue weighted by atomic mass is 28.3. The second-order valence-corrected chi connectivity index (χ2v) is 4.58. The predicted molar refractivity (Wildman–Crippen MR) is 49.8 cm³/mol. The highest BCUT2D eigenvalue weighted by Gasteiger charge is 1.99. The maximum Gasteiger partial charge on any atom is 0.315 e. The van der Waals surface area contributed by atoms with Gasteiger partial charge in [-0.25, -0.2) is 0 Å². The summed E-state index contributed by atoms with van der Waals surface area (Å²) in [6.07, 6.45) is 7.34. The van der Waals surface area contributed by atoms with Crippen molar-refractivity contribution >= 4 is 9.28 Å². The molecule has 0 aromatic heterocycles. The molecule has 0 saturated carbocycles. The van der Waals surface area contributed by atoms with Crippen LogP contribution in [0.3, 0.4) is 0 Å². The number of unbranched alkanes of at least 4 members (excludes halogenated alkanes) is 5. The Bertz CT molecular complexity index is 76.5. The molecule has 2 nitrogen and oxygen atoms in total. The van der Waals surface area contributed by atoms with E-state index < -0.39 is 9.28 Å². The highest BCUT2D eigenvalue weighted by Crippen LogP contribution is 2.07. The Kier molecular flexibility index (Phi) is 8.34. The first-order valence-electron chi connectivity index (χ1n) is 4.63. The van der Waals surface area contributed by atoms with E-state index in [1.165, 1.54) is 32.1 Å². The summed E-state index contributed by atoms with van der Waals surface area (Å²) in [7, 11) is -2.23. The van der Waals surface area contributed by atoms with E-state index in [9.17, 15) is 0 Å². The molecule has 0 atom stereocenters. The average Bonchev–Trinajstić information content (AvgIpc) is 1.96. The van der Waals surface area contributed by atoms with E-state index >= 15 is 0 Å². The standard InChI is InChI=1S/C8H20O2Si/c1-2-3-4-5-6-7-8-11(9)10/h9-11H,2-8H2,1H3. The van der Waals surface area contributed by atoms with Crippen LogP contribution in [0.4, 0.5) is 0 Å². The molecule has 0 unspecified atom stereocenters. The highest BCUT2D eigenvalue weighted by molar-refractivity contribution is 6.40. The van der Waals surface area contributed by atoms with Gasteiger partial charge in [-0.15, -0.1) is 0 Å². The fourth-order valence-electron chi connectivity index (χ4n) is 1.11. The summed E-state index contributed by atoms with van der Waals surface area (Å²) in [5, 5.41) is 0. The minimum Gasteiger partial charge on any atom is -0.413 e. The van der Waals surface area contributed by atoms with Crippen LogP contribution in [-0.4, -0.2) is 18.9 Å². The third-order valence-electron chi connectivity index (χ3n) is 1.82. The molecular weight excluding hydrogens is 156 g/mol. The summed E-state index contributed by atoms with van der Waals surface area (Å²) in [6.45, 7) is 2.20. The lowest BCUT2D eigenvalue weighted by Crippen LogP contribution is -2.09. The smallest absolute Gasteiger partial charge is 0.315 e. The minimum atomic E-state index is -2.23. The molecule has 0 radical (unpaired) electrons. The van der Waals surface area contributed by atoms with E-state index in [0.29, 0.717) is 6.04 Å². The van der Waals surface area contributed by atoms with E-state index in [1.807, 2.05) is 0 Å². The zero-order valence-corrected chi connectivity index (χ0v) is 8.58. The van der Waals surface area contributed by atoms with Gasteiger partial charge in [-0.1, -0.05) is 45.4 Å². The van der Waals surface area contributed by atoms with E-state index in [-0.39, 0.29) is 0 Å². The van der Waals surface area contributed by atoms with Crippen molar-refractivity contribution in [3.05, 3.63) is 0 Å². The van der Waals surface area contributed by atoms with E-state index in [4.69, 9.17) is 9.59 Å². The van der Waals surface area contributed by atoms with Gasteiger partial charge in [0.2, 0.25) is 0 Å². The van der Waals surface area contributed by atoms with Gasteiger partial charge >= 0.3 is 9.28 Å². The van der Waals surface area contributed by atoms with Crippen molar-refractivity contribution in [2.75, 3.05) is 0 Å². The van der Waals surface area contributed by atoms with Crippen molar-refractivity contribution in [2.24, 2.45) is 0 Å². The van der Waals surface area contributed by atoms with Gasteiger partial charge in [-0.3, -0.25) is 0 Å². The summed E-state index contributed by atoms with van der Waals surface area (Å²) in [6, 6.07) is 0.673. The van der Waals surface area contributed by atoms with Crippen LogP contribution in [0.15, 0.2) is 0 Å². The molecule has 0 aliphatic rings. The largest absolute Gasteiger partial charge is 0.413 e. The second-order valence-electron chi connectivity index (χ2n) is 3.04. The Morgan fingerprint density at radius 2 is 1.45 bits per heavy atom. The summed E-state index contributed by atoms with van der Waals surface area (Å²) in [4.78, 5) is 17.3. The van der Waals surface area contributed by atoms with Crippen LogP contribution in [0.25, 0.3) is 0 Å². The Labute approximate surface area is 71.1 Å². The van der Waals surface area contributed by atoms with E-state index in [2.05, 4.69) is 6.92 Å². The molecule has 2 N–H and O–H groups in total. The van der Waals surface area contributed by atoms with Crippen LogP contribution in [-0.2, 0) is 0 Å². The Morgan fingerprint density at radius 3 is 2.00 bits per heavy atom. The Hall–Kier alpha value is 0.137. The van der Waals surface area contributed by atoms with Gasteiger partial charge in [0.1, 0.15) is 0 Å². The molecule has 0 heterocycles. The summed E-state index contributed by atoms with van der Waals surface area (Å²) in [5.74, 6) is 0. The Morgan fingerprint density at radius 1 is 0.909 bits per heavy atom. The number of hydrogen-bond acceptors (Lipinski definition) is 2. The van der Waals surface area contributed by atoms with Crippen LogP contribution in [0.5, 0.6) is 0 Å². The van der Waals surface area contributed by atoms with Crippen LogP contribution < -0.4 is 0 Å². The molecule has 0 rings (SSSR count). The number of hydrogen-bond donors (Lipinski definition) is 2. The molecule has 3 heteroatoms. The summed E-state index contributed by atoms with van der Waals surface area (Å²) < 4.78 is 0. The lowest BCUT2D eigenvalue weighted by atomic mass is 10.1. The van der Waals surface area contributed by atoms with Gasteiger partial charge in [-0.05, 0) is 6.04 Å². The lowest BCUT2D eigenvalue weighted by molar-refractivity contribution is 0.401. The van der Waals surface area contributed by atoms with Gasteiger partial charge in [0, 0.05) is 0 Å². The molecule has 0 fully saturated rings. The first-order chi connectivity index (χ1) is 5.27. The van der Waals surface area contributed by atoms with Crippen molar-refractivity contribution in [3.8, 4) is 0 Å². The topological polar surface area (TPSA) is 40.5 Å². The fraction of sp³-hybridized carbons (Fsp3) is 1.00. The first-order valence-corrected chi connectivity index (χ1v) is 6.48. The summed E-state index contributed by atoms with van der Waals surface area (Å²) in [5.41, 5.74) is 0. The van der Waals surface area contributed by atoms with Crippen molar-refractivity contribution in [2.45, 2.75) is 51.5 Å². The molecule has 0 aliphatic heterocycles. The lowest BCUT2D eigenvalue weighted by Gasteiger charge is -2.00. The van der Waals surface area contributed by atoms with Crippen LogP contribution in [0.2, 0.25) is 6.04 Å². The normalized spacial score (nSPS) is 10.9. The molecule has 0 aliphatic carbocycles. The quantitative estimate of drug-likeness (QED) is 0.456. The molecule has 68 valence electrons. The zero-order chi connectivity index (χ0) is 8.53. The van der Waals surface area contributed by atoms with Gasteiger partial charge < -0.3 is 9.59 Å². The van der Waals surface area contributed by atoms with E-state index in [1.54, 1.807) is 0 Å². The maximum atomic E-state index is 8.65. The molecule has 0 aromatic rings. The fourth-order valence-corrected chi connectivity index (χ4v) is 1.76. The third kappa shape index (κ3) is 10.1. The Balaban J connectivity index is 2.80. The average molecular weight is 176 g/mol. The van der Waals surface area contributed by atoms with Gasteiger partial charge in [-0.2, -0.15) is 0 Å². The third-order valence-corrected chi connectivity index (χ3v) is 2.74. The van der Waals surface area contributed by atoms with Crippen molar-refractivity contribution in [3.63, 3.8) is 0 Å². The molecule has 11 heavy (non-hydrogen) atoms. The zero-order valence-electron chi connectivity index (χ0n) is 7.42. The number of rotatable bonds is 7. The second kappa shape index (κ2) is 8.24. The van der Waals surface area contributed by atoms with Crippen LogP contribution >= 0.6 is 0 Å². The molecule has 0 bridgehead atoms. The first kappa shape index (κ1) is 11.1. The van der Waals surface area contributed by atoms with Crippen molar-refractivity contribution < 1.29 is 9.59 Å². The van der Waals surface area contributed by atoms with E-state index in [0.717, 1.165) is 6.42 Å².